The molecule has 8 nitrogen and oxygen atoms in total. The lowest BCUT2D eigenvalue weighted by molar-refractivity contribution is 0.600. The van der Waals surface area contributed by atoms with Gasteiger partial charge in [0.25, 0.3) is 10.0 Å². The van der Waals surface area contributed by atoms with E-state index >= 15 is 0 Å². The molecule has 0 saturated heterocycles. The first kappa shape index (κ1) is 15.4. The number of para-hydroxylation sites is 1. The van der Waals surface area contributed by atoms with Crippen LogP contribution in [0.15, 0.2) is 46.5 Å². The predicted molar refractivity (Wildman–Crippen MR) is 93.5 cm³/mol. The molecule has 3 N–H and O–H groups in total. The van der Waals surface area contributed by atoms with Gasteiger partial charge in [-0.1, -0.05) is 12.1 Å². The highest BCUT2D eigenvalue weighted by molar-refractivity contribution is 7.94. The summed E-state index contributed by atoms with van der Waals surface area (Å²) in [5.74, 6) is 0. The number of aromatic nitrogens is 4. The van der Waals surface area contributed by atoms with Crippen molar-refractivity contribution in [2.24, 2.45) is 0 Å². The van der Waals surface area contributed by atoms with Crippen LogP contribution < -0.4 is 4.72 Å². The van der Waals surface area contributed by atoms with Crippen LogP contribution in [0.4, 0.5) is 5.69 Å². The van der Waals surface area contributed by atoms with Gasteiger partial charge >= 0.3 is 0 Å². The molecule has 0 radical (unpaired) electrons. The number of thiazole rings is 1. The number of H-pyrrole nitrogens is 2. The molecule has 4 rings (SSSR count). The van der Waals surface area contributed by atoms with Gasteiger partial charge in [0.15, 0.2) is 0 Å². The number of benzene rings is 1. The summed E-state index contributed by atoms with van der Waals surface area (Å²) in [5, 5.41) is 17.9. The van der Waals surface area contributed by atoms with Gasteiger partial charge < -0.3 is 4.98 Å². The summed E-state index contributed by atoms with van der Waals surface area (Å²) < 4.78 is 27.8. The van der Waals surface area contributed by atoms with E-state index in [0.717, 1.165) is 11.3 Å². The maximum absolute atomic E-state index is 12.6. The van der Waals surface area contributed by atoms with Crippen LogP contribution in [0.2, 0.25) is 0 Å². The van der Waals surface area contributed by atoms with Crippen LogP contribution >= 0.6 is 11.3 Å². The van der Waals surface area contributed by atoms with Crippen molar-refractivity contribution < 1.29 is 8.42 Å². The van der Waals surface area contributed by atoms with E-state index in [-0.39, 0.29) is 4.34 Å². The van der Waals surface area contributed by atoms with E-state index in [4.69, 9.17) is 5.26 Å². The molecule has 10 heteroatoms. The van der Waals surface area contributed by atoms with Gasteiger partial charge in [-0.2, -0.15) is 18.8 Å². The Morgan fingerprint density at radius 1 is 1.28 bits per heavy atom. The molecule has 0 atom stereocenters. The predicted octanol–water partition coefficient (Wildman–Crippen LogP) is 2.69. The standard InChI is InChI=1S/C15H10N6O2S2/c16-4-9-5-17-14-11(9)2-1-3-12(14)21-25(22,23)15-20-13(8-24-15)10-6-18-19-7-10/h1-3,5-8,17,21H,(H,18,19). The Bertz CT molecular complexity index is 1200. The molecule has 4 aromatic rings. The number of nitriles is 1. The van der Waals surface area contributed by atoms with Gasteiger partial charge in [0.2, 0.25) is 4.34 Å². The molecule has 0 aliphatic heterocycles. The fraction of sp³-hybridized carbons (Fsp3) is 0. The average molecular weight is 370 g/mol. The van der Waals surface area contributed by atoms with Crippen LogP contribution in [0.3, 0.4) is 0 Å². The van der Waals surface area contributed by atoms with Gasteiger partial charge in [0.1, 0.15) is 6.07 Å². The smallest absolute Gasteiger partial charge is 0.289 e. The second-order valence-corrected chi connectivity index (χ2v) is 7.85. The Morgan fingerprint density at radius 2 is 2.16 bits per heavy atom. The number of sulfonamides is 1. The Hall–Kier alpha value is -3.16. The zero-order valence-corrected chi connectivity index (χ0v) is 14.1. The van der Waals surface area contributed by atoms with Gasteiger partial charge in [-0.15, -0.1) is 11.3 Å². The summed E-state index contributed by atoms with van der Waals surface area (Å²) in [5.41, 5.74) is 2.60. The number of nitrogens with zero attached hydrogens (tertiary/aromatic N) is 3. The van der Waals surface area contributed by atoms with Gasteiger partial charge in [-0.25, -0.2) is 4.98 Å². The van der Waals surface area contributed by atoms with E-state index in [0.29, 0.717) is 33.4 Å². The van der Waals surface area contributed by atoms with Crippen LogP contribution in [0.1, 0.15) is 5.56 Å². The Labute approximate surface area is 146 Å². The minimum absolute atomic E-state index is 0.0484. The number of hydrogen-bond acceptors (Lipinski definition) is 6. The lowest BCUT2D eigenvalue weighted by atomic mass is 10.2. The number of hydrogen-bond donors (Lipinski definition) is 3. The van der Waals surface area contributed by atoms with Gasteiger partial charge in [0, 0.05) is 28.7 Å². The first-order chi connectivity index (χ1) is 12.1. The molecule has 3 heterocycles. The van der Waals surface area contributed by atoms with Crippen molar-refractivity contribution >= 4 is 38.0 Å². The Balaban J connectivity index is 1.71. The number of rotatable bonds is 4. The van der Waals surface area contributed by atoms with E-state index in [1.807, 2.05) is 0 Å². The summed E-state index contributed by atoms with van der Waals surface area (Å²) in [4.78, 5) is 7.10. The number of fused-ring (bicyclic) bond motifs is 1. The molecule has 0 unspecified atom stereocenters. The molecule has 0 fully saturated rings. The molecule has 25 heavy (non-hydrogen) atoms. The van der Waals surface area contributed by atoms with Crippen molar-refractivity contribution in [3.8, 4) is 17.3 Å². The highest BCUT2D eigenvalue weighted by Gasteiger charge is 2.21. The zero-order chi connectivity index (χ0) is 17.4. The van der Waals surface area contributed by atoms with E-state index < -0.39 is 10.0 Å². The molecule has 0 saturated carbocycles. The minimum atomic E-state index is -3.85. The Morgan fingerprint density at radius 3 is 2.92 bits per heavy atom. The second kappa shape index (κ2) is 5.73. The third kappa shape index (κ3) is 2.65. The lowest BCUT2D eigenvalue weighted by Gasteiger charge is -2.06. The van der Waals surface area contributed by atoms with E-state index in [1.54, 1.807) is 42.2 Å². The molecular formula is C15H10N6O2S2. The molecule has 124 valence electrons. The SMILES string of the molecule is N#Cc1c[nH]c2c(NS(=O)(=O)c3nc(-c4cn[nH]c4)cs3)cccc12. The van der Waals surface area contributed by atoms with Gasteiger partial charge in [-0.05, 0) is 6.07 Å². The summed E-state index contributed by atoms with van der Waals surface area (Å²) in [6.45, 7) is 0. The van der Waals surface area contributed by atoms with Crippen LogP contribution in [0.5, 0.6) is 0 Å². The molecule has 3 aromatic heterocycles. The highest BCUT2D eigenvalue weighted by Crippen LogP contribution is 2.29. The first-order valence-electron chi connectivity index (χ1n) is 7.06. The molecular weight excluding hydrogens is 360 g/mol. The topological polar surface area (TPSA) is 127 Å². The van der Waals surface area contributed by atoms with Crippen molar-refractivity contribution in [1.29, 1.82) is 5.26 Å². The van der Waals surface area contributed by atoms with Crippen molar-refractivity contribution in [2.45, 2.75) is 4.34 Å². The molecule has 0 bridgehead atoms. The van der Waals surface area contributed by atoms with Gasteiger partial charge in [-0.3, -0.25) is 9.82 Å². The van der Waals surface area contributed by atoms with Crippen LogP contribution in [0, 0.1) is 11.3 Å². The first-order valence-corrected chi connectivity index (χ1v) is 9.42. The van der Waals surface area contributed by atoms with Crippen LogP contribution in [-0.4, -0.2) is 28.6 Å². The molecule has 0 spiro atoms. The quantitative estimate of drug-likeness (QED) is 0.509. The van der Waals surface area contributed by atoms with Crippen molar-refractivity contribution in [3.05, 3.63) is 47.7 Å². The van der Waals surface area contributed by atoms with Crippen LogP contribution in [-0.2, 0) is 10.0 Å². The summed E-state index contributed by atoms with van der Waals surface area (Å²) in [6, 6.07) is 7.13. The third-order valence-electron chi connectivity index (χ3n) is 3.59. The maximum atomic E-state index is 12.6. The van der Waals surface area contributed by atoms with Crippen LogP contribution in [0.25, 0.3) is 22.2 Å². The van der Waals surface area contributed by atoms with Crippen molar-refractivity contribution in [3.63, 3.8) is 0 Å². The van der Waals surface area contributed by atoms with E-state index in [2.05, 4.69) is 31.0 Å². The zero-order valence-electron chi connectivity index (χ0n) is 12.5. The molecule has 0 amide bonds. The number of anilines is 1. The maximum Gasteiger partial charge on any atom is 0.289 e. The van der Waals surface area contributed by atoms with Crippen molar-refractivity contribution in [1.82, 2.24) is 20.2 Å². The third-order valence-corrected chi connectivity index (χ3v) is 6.21. The summed E-state index contributed by atoms with van der Waals surface area (Å²) >= 11 is 1.02. The summed E-state index contributed by atoms with van der Waals surface area (Å²) in [6.07, 6.45) is 4.76. The number of aromatic amines is 2. The van der Waals surface area contributed by atoms with E-state index in [9.17, 15) is 8.42 Å². The minimum Gasteiger partial charge on any atom is -0.358 e. The molecule has 0 aliphatic carbocycles. The lowest BCUT2D eigenvalue weighted by Crippen LogP contribution is -2.13. The highest BCUT2D eigenvalue weighted by atomic mass is 32.2. The molecule has 1 aromatic carbocycles. The second-order valence-electron chi connectivity index (χ2n) is 5.13. The Kier molecular flexibility index (Phi) is 3.52. The fourth-order valence-electron chi connectivity index (χ4n) is 2.42. The summed E-state index contributed by atoms with van der Waals surface area (Å²) in [7, 11) is -3.85. The average Bonchev–Trinajstić information content (AvgIpc) is 3.33. The monoisotopic (exact) mass is 370 g/mol. The van der Waals surface area contributed by atoms with Crippen molar-refractivity contribution in [2.75, 3.05) is 4.72 Å². The van der Waals surface area contributed by atoms with Gasteiger partial charge in [0.05, 0.1) is 28.7 Å². The number of nitrogens with one attached hydrogen (secondary N) is 3. The fourth-order valence-corrected chi connectivity index (χ4v) is 4.52. The van der Waals surface area contributed by atoms with E-state index in [1.165, 1.54) is 0 Å². The largest absolute Gasteiger partial charge is 0.358 e. The normalized spacial score (nSPS) is 11.5. The molecule has 0 aliphatic rings.